The van der Waals surface area contributed by atoms with Crippen LogP contribution in [0.3, 0.4) is 0 Å². The number of amides is 1. The Morgan fingerprint density at radius 2 is 1.93 bits per heavy atom. The lowest BCUT2D eigenvalue weighted by atomic mass is 10.1. The average molecular weight is 398 g/mol. The summed E-state index contributed by atoms with van der Waals surface area (Å²) < 4.78 is 6.55. The zero-order valence-corrected chi connectivity index (χ0v) is 17.6. The summed E-state index contributed by atoms with van der Waals surface area (Å²) in [5.41, 5.74) is 4.03. The molecule has 0 aromatic heterocycles. The number of ether oxygens (including phenoxy) is 1. The molecule has 1 heterocycles. The Kier molecular flexibility index (Phi) is 6.02. The zero-order chi connectivity index (χ0) is 19.6. The van der Waals surface area contributed by atoms with Crippen molar-refractivity contribution in [3.63, 3.8) is 0 Å². The lowest BCUT2D eigenvalue weighted by Gasteiger charge is -2.16. The summed E-state index contributed by atoms with van der Waals surface area (Å²) in [6, 6.07) is 13.7. The molecule has 0 aliphatic carbocycles. The van der Waals surface area contributed by atoms with Crippen LogP contribution in [-0.2, 0) is 4.79 Å². The van der Waals surface area contributed by atoms with Crippen LogP contribution in [0.4, 0.5) is 5.69 Å². The lowest BCUT2D eigenvalue weighted by molar-refractivity contribution is -0.113. The Morgan fingerprint density at radius 1 is 1.19 bits per heavy atom. The number of benzene rings is 2. The van der Waals surface area contributed by atoms with Gasteiger partial charge in [0.05, 0.1) is 16.7 Å². The number of thioether (sulfide) groups is 1. The molecule has 1 aliphatic rings. The van der Waals surface area contributed by atoms with Gasteiger partial charge in [0.15, 0.2) is 4.32 Å². The van der Waals surface area contributed by atoms with E-state index >= 15 is 0 Å². The fourth-order valence-electron chi connectivity index (χ4n) is 2.70. The fourth-order valence-corrected chi connectivity index (χ4v) is 3.99. The molecule has 0 bridgehead atoms. The first-order valence-electron chi connectivity index (χ1n) is 9.01. The van der Waals surface area contributed by atoms with Crippen molar-refractivity contribution in [2.24, 2.45) is 0 Å². The second-order valence-corrected chi connectivity index (χ2v) is 8.34. The zero-order valence-electron chi connectivity index (χ0n) is 16.0. The monoisotopic (exact) mass is 397 g/mol. The lowest BCUT2D eigenvalue weighted by Crippen LogP contribution is -2.27. The van der Waals surface area contributed by atoms with Crippen LogP contribution >= 0.6 is 24.0 Å². The van der Waals surface area contributed by atoms with E-state index in [1.807, 2.05) is 62.4 Å². The number of anilines is 1. The molecule has 1 saturated heterocycles. The minimum atomic E-state index is -0.0911. The van der Waals surface area contributed by atoms with Gasteiger partial charge in [0.2, 0.25) is 0 Å². The molecular formula is C22H23NO2S2. The van der Waals surface area contributed by atoms with E-state index in [0.29, 0.717) is 9.23 Å². The normalized spacial score (nSPS) is 16.9. The van der Waals surface area contributed by atoms with Crippen molar-refractivity contribution in [1.82, 2.24) is 0 Å². The predicted octanol–water partition coefficient (Wildman–Crippen LogP) is 5.89. The number of carbonyl (C=O) groups excluding carboxylic acids is 1. The van der Waals surface area contributed by atoms with Crippen LogP contribution in [0, 0.1) is 13.8 Å². The Hall–Kier alpha value is -2.11. The van der Waals surface area contributed by atoms with Crippen LogP contribution in [0.25, 0.3) is 6.08 Å². The Morgan fingerprint density at radius 3 is 2.63 bits per heavy atom. The van der Waals surface area contributed by atoms with Crippen LogP contribution in [0.2, 0.25) is 0 Å². The number of hydrogen-bond acceptors (Lipinski definition) is 4. The van der Waals surface area contributed by atoms with Crippen molar-refractivity contribution in [3.8, 4) is 5.75 Å². The molecule has 1 aliphatic heterocycles. The maximum absolute atomic E-state index is 13.0. The van der Waals surface area contributed by atoms with E-state index in [9.17, 15) is 4.79 Å². The predicted molar refractivity (Wildman–Crippen MR) is 118 cm³/mol. The van der Waals surface area contributed by atoms with Crippen LogP contribution in [0.1, 0.15) is 37.0 Å². The van der Waals surface area contributed by atoms with Gasteiger partial charge in [0.25, 0.3) is 5.91 Å². The quantitative estimate of drug-likeness (QED) is 0.465. The van der Waals surface area contributed by atoms with Crippen molar-refractivity contribution in [3.05, 3.63) is 64.1 Å². The maximum Gasteiger partial charge on any atom is 0.270 e. The summed E-state index contributed by atoms with van der Waals surface area (Å²) in [7, 11) is 0. The minimum absolute atomic E-state index is 0.0911. The first kappa shape index (κ1) is 19.6. The number of para-hydroxylation sites is 1. The number of aryl methyl sites for hydroxylation is 2. The van der Waals surface area contributed by atoms with E-state index in [-0.39, 0.29) is 12.0 Å². The third-order valence-corrected chi connectivity index (χ3v) is 5.95. The van der Waals surface area contributed by atoms with Gasteiger partial charge in [0.1, 0.15) is 5.75 Å². The van der Waals surface area contributed by atoms with E-state index < -0.39 is 0 Å². The van der Waals surface area contributed by atoms with Crippen molar-refractivity contribution >= 4 is 46.0 Å². The summed E-state index contributed by atoms with van der Waals surface area (Å²) >= 11 is 6.81. The van der Waals surface area contributed by atoms with Crippen molar-refractivity contribution in [2.75, 3.05) is 4.90 Å². The SMILES string of the molecule is CCC(C)Oc1ccccc1C=C1SC(=S)N(c2ccc(C)c(C)c2)C1=O. The van der Waals surface area contributed by atoms with Gasteiger partial charge in [-0.05, 0) is 62.6 Å². The number of carbonyl (C=O) groups is 1. The van der Waals surface area contributed by atoms with Gasteiger partial charge in [-0.1, -0.05) is 55.2 Å². The molecule has 1 fully saturated rings. The Balaban J connectivity index is 1.92. The van der Waals surface area contributed by atoms with Crippen molar-refractivity contribution in [2.45, 2.75) is 40.2 Å². The van der Waals surface area contributed by atoms with Gasteiger partial charge >= 0.3 is 0 Å². The van der Waals surface area contributed by atoms with Gasteiger partial charge in [-0.2, -0.15) is 0 Å². The summed E-state index contributed by atoms with van der Waals surface area (Å²) in [5, 5.41) is 0. The Labute approximate surface area is 170 Å². The number of hydrogen-bond donors (Lipinski definition) is 0. The maximum atomic E-state index is 13.0. The molecule has 1 unspecified atom stereocenters. The molecule has 3 rings (SSSR count). The molecule has 1 amide bonds. The molecule has 3 nitrogen and oxygen atoms in total. The first-order valence-corrected chi connectivity index (χ1v) is 10.2. The highest BCUT2D eigenvalue weighted by Gasteiger charge is 2.33. The minimum Gasteiger partial charge on any atom is -0.490 e. The van der Waals surface area contributed by atoms with Crippen molar-refractivity contribution < 1.29 is 9.53 Å². The molecule has 27 heavy (non-hydrogen) atoms. The van der Waals surface area contributed by atoms with Gasteiger partial charge in [-0.15, -0.1) is 0 Å². The van der Waals surface area contributed by atoms with Gasteiger partial charge in [0, 0.05) is 5.56 Å². The van der Waals surface area contributed by atoms with E-state index in [2.05, 4.69) is 13.8 Å². The van der Waals surface area contributed by atoms with E-state index in [4.69, 9.17) is 17.0 Å². The van der Waals surface area contributed by atoms with E-state index in [0.717, 1.165) is 29.0 Å². The van der Waals surface area contributed by atoms with Gasteiger partial charge in [-0.3, -0.25) is 9.69 Å². The smallest absolute Gasteiger partial charge is 0.270 e. The molecule has 0 saturated carbocycles. The molecule has 140 valence electrons. The van der Waals surface area contributed by atoms with Crippen molar-refractivity contribution in [1.29, 1.82) is 0 Å². The van der Waals surface area contributed by atoms with Gasteiger partial charge < -0.3 is 4.74 Å². The van der Waals surface area contributed by atoms with Crippen LogP contribution in [-0.4, -0.2) is 16.3 Å². The van der Waals surface area contributed by atoms with Crippen LogP contribution in [0.15, 0.2) is 47.4 Å². The van der Waals surface area contributed by atoms with E-state index in [1.165, 1.54) is 17.3 Å². The topological polar surface area (TPSA) is 29.5 Å². The first-order chi connectivity index (χ1) is 12.9. The summed E-state index contributed by atoms with van der Waals surface area (Å²) in [6.45, 7) is 8.21. The second-order valence-electron chi connectivity index (χ2n) is 6.66. The second kappa shape index (κ2) is 8.28. The molecule has 1 atom stereocenters. The Bertz CT molecular complexity index is 920. The van der Waals surface area contributed by atoms with E-state index in [1.54, 1.807) is 4.90 Å². The molecule has 0 radical (unpaired) electrons. The third kappa shape index (κ3) is 4.25. The number of rotatable bonds is 5. The molecule has 0 N–H and O–H groups in total. The molecule has 2 aromatic carbocycles. The van der Waals surface area contributed by atoms with Gasteiger partial charge in [-0.25, -0.2) is 0 Å². The van der Waals surface area contributed by atoms with Crippen LogP contribution < -0.4 is 9.64 Å². The summed E-state index contributed by atoms with van der Waals surface area (Å²) in [5.74, 6) is 0.690. The third-order valence-electron chi connectivity index (χ3n) is 4.65. The summed E-state index contributed by atoms with van der Waals surface area (Å²) in [4.78, 5) is 15.2. The highest BCUT2D eigenvalue weighted by atomic mass is 32.2. The molecule has 5 heteroatoms. The standard InChI is InChI=1S/C22H23NO2S2/c1-5-16(4)25-19-9-7-6-8-17(19)13-20-21(24)23(22(26)27-20)18-11-10-14(2)15(3)12-18/h6-13,16H,5H2,1-4H3. The fraction of sp³-hybridized carbons (Fsp3) is 0.273. The largest absolute Gasteiger partial charge is 0.490 e. The summed E-state index contributed by atoms with van der Waals surface area (Å²) in [6.07, 6.45) is 2.91. The average Bonchev–Trinajstić information content (AvgIpc) is 2.92. The number of thiocarbonyl (C=S) groups is 1. The van der Waals surface area contributed by atoms with Crippen LogP contribution in [0.5, 0.6) is 5.75 Å². The molecular weight excluding hydrogens is 374 g/mol. The number of nitrogens with zero attached hydrogens (tertiary/aromatic N) is 1. The highest BCUT2D eigenvalue weighted by Crippen LogP contribution is 2.37. The molecule has 0 spiro atoms. The highest BCUT2D eigenvalue weighted by molar-refractivity contribution is 8.27. The molecule has 2 aromatic rings.